The Bertz CT molecular complexity index is 2380. The second kappa shape index (κ2) is 12.8. The Morgan fingerprint density at radius 1 is 0.750 bits per heavy atom. The molecule has 0 bridgehead atoms. The van der Waals surface area contributed by atoms with Crippen molar-refractivity contribution in [2.24, 2.45) is 0 Å². The molecule has 18 heteroatoms. The number of alkyl halides is 1. The summed E-state index contributed by atoms with van der Waals surface area (Å²) < 4.78 is 94.0. The molecule has 0 saturated carbocycles. The maximum Gasteiger partial charge on any atom is 0.296 e. The van der Waals surface area contributed by atoms with Crippen molar-refractivity contribution in [1.29, 1.82) is 0 Å². The molecule has 0 amide bonds. The Balaban J connectivity index is 1.52. The average molecular weight is 734 g/mol. The van der Waals surface area contributed by atoms with Gasteiger partial charge in [-0.05, 0) is 36.4 Å². The molecule has 0 atom stereocenters. The number of carbonyl (C=O) groups is 3. The summed E-state index contributed by atoms with van der Waals surface area (Å²) >= 11 is 5.56. The first-order chi connectivity index (χ1) is 22.4. The molecule has 0 heterocycles. The first kappa shape index (κ1) is 34.7. The van der Waals surface area contributed by atoms with Crippen LogP contribution in [-0.2, 0) is 30.1 Å². The molecule has 0 aromatic heterocycles. The van der Waals surface area contributed by atoms with Crippen LogP contribution in [0.3, 0.4) is 0 Å². The highest BCUT2D eigenvalue weighted by atomic mass is 35.5. The van der Waals surface area contributed by atoms with Crippen molar-refractivity contribution in [2.75, 3.05) is 34.5 Å². The minimum Gasteiger partial charge on any atom is -0.397 e. The monoisotopic (exact) mass is 733 g/mol. The van der Waals surface area contributed by atoms with E-state index in [4.69, 9.17) is 17.3 Å². The Morgan fingerprint density at radius 3 is 1.98 bits per heavy atom. The molecule has 4 aromatic carbocycles. The molecule has 48 heavy (non-hydrogen) atoms. The number of benzene rings is 4. The van der Waals surface area contributed by atoms with Gasteiger partial charge in [-0.25, -0.2) is 8.42 Å². The summed E-state index contributed by atoms with van der Waals surface area (Å²) in [6.07, 6.45) is 0. The zero-order valence-corrected chi connectivity index (χ0v) is 27.5. The van der Waals surface area contributed by atoms with Crippen LogP contribution in [0.2, 0.25) is 0 Å². The normalized spacial score (nSPS) is 13.1. The van der Waals surface area contributed by atoms with Crippen LogP contribution in [0.4, 0.5) is 22.7 Å². The predicted molar refractivity (Wildman–Crippen MR) is 176 cm³/mol. The molecule has 0 fully saturated rings. The van der Waals surface area contributed by atoms with E-state index in [1.54, 1.807) is 0 Å². The van der Waals surface area contributed by atoms with Crippen LogP contribution in [0, 0.1) is 0 Å². The molecule has 0 radical (unpaired) electrons. The molecule has 0 unspecified atom stereocenters. The first-order valence-corrected chi connectivity index (χ1v) is 18.7. The third kappa shape index (κ3) is 6.69. The zero-order valence-electron chi connectivity index (χ0n) is 24.3. The van der Waals surface area contributed by atoms with E-state index in [0.717, 1.165) is 18.2 Å². The van der Waals surface area contributed by atoms with Gasteiger partial charge in [-0.15, -0.1) is 11.6 Å². The number of carbonyl (C=O) groups excluding carboxylic acids is 3. The van der Waals surface area contributed by atoms with E-state index in [-0.39, 0.29) is 44.6 Å². The average Bonchev–Trinajstić information content (AvgIpc) is 3.02. The van der Waals surface area contributed by atoms with Gasteiger partial charge in [0.25, 0.3) is 20.2 Å². The molecule has 0 aliphatic heterocycles. The van der Waals surface area contributed by atoms with Crippen molar-refractivity contribution in [3.8, 4) is 0 Å². The van der Waals surface area contributed by atoms with Gasteiger partial charge in [0, 0.05) is 28.3 Å². The van der Waals surface area contributed by atoms with Gasteiger partial charge in [0.15, 0.2) is 27.2 Å². The van der Waals surface area contributed by atoms with Crippen LogP contribution in [-0.4, -0.2) is 69.9 Å². The highest BCUT2D eigenvalue weighted by Gasteiger charge is 2.37. The summed E-state index contributed by atoms with van der Waals surface area (Å²) in [5, 5.41) is 5.26. The molecule has 250 valence electrons. The van der Waals surface area contributed by atoms with Crippen molar-refractivity contribution < 1.29 is 48.7 Å². The number of nitrogens with two attached hydrogens (primary N) is 1. The van der Waals surface area contributed by atoms with E-state index in [9.17, 15) is 48.7 Å². The summed E-state index contributed by atoms with van der Waals surface area (Å²) in [6, 6.07) is 15.0. The van der Waals surface area contributed by atoms with E-state index in [2.05, 4.69) is 10.6 Å². The van der Waals surface area contributed by atoms with Crippen LogP contribution < -0.4 is 16.4 Å². The molecular formula is C30H24ClN3O11S3. The minimum atomic E-state index is -5.08. The summed E-state index contributed by atoms with van der Waals surface area (Å²) in [5.74, 6) is -2.64. The SMILES string of the molecule is Nc1c(S(=O)(=O)O)cc(Nc2ccc(NCC(=O)c3cccc(S(=O)(=O)CCCl)c3)cc2S(=O)(=O)O)c2c1C(=O)c1ccccc1C2=O. The van der Waals surface area contributed by atoms with E-state index in [1.165, 1.54) is 54.6 Å². The number of nitrogen functional groups attached to an aromatic ring is 1. The van der Waals surface area contributed by atoms with Crippen molar-refractivity contribution >= 4 is 81.8 Å². The third-order valence-corrected chi connectivity index (χ3v) is 11.2. The highest BCUT2D eigenvalue weighted by molar-refractivity contribution is 7.91. The van der Waals surface area contributed by atoms with Gasteiger partial charge in [0.1, 0.15) is 9.79 Å². The second-order valence-corrected chi connectivity index (χ2v) is 15.7. The van der Waals surface area contributed by atoms with Gasteiger partial charge in [-0.3, -0.25) is 23.5 Å². The van der Waals surface area contributed by atoms with Crippen LogP contribution >= 0.6 is 11.6 Å². The Kier molecular flexibility index (Phi) is 9.21. The van der Waals surface area contributed by atoms with Crippen molar-refractivity contribution in [3.05, 3.63) is 101 Å². The molecule has 0 saturated heterocycles. The topological polar surface area (TPSA) is 244 Å². The molecule has 5 rings (SSSR count). The summed E-state index contributed by atoms with van der Waals surface area (Å²) in [4.78, 5) is 38.0. The Hall–Kier alpha value is -4.65. The lowest BCUT2D eigenvalue weighted by Gasteiger charge is -2.24. The number of sulfone groups is 1. The fourth-order valence-electron chi connectivity index (χ4n) is 5.07. The lowest BCUT2D eigenvalue weighted by Crippen LogP contribution is -2.25. The lowest BCUT2D eigenvalue weighted by molar-refractivity contribution is 0.0980. The smallest absolute Gasteiger partial charge is 0.296 e. The van der Waals surface area contributed by atoms with Crippen molar-refractivity contribution in [3.63, 3.8) is 0 Å². The third-order valence-electron chi connectivity index (χ3n) is 7.32. The summed E-state index contributed by atoms with van der Waals surface area (Å²) in [6.45, 7) is -0.435. The standard InChI is InChI=1S/C30H24ClN3O11S3/c31-10-11-46(38,39)18-5-3-4-16(12-18)23(35)15-33-17-8-9-21(24(13-17)47(40,41)42)34-22-14-25(48(43,44)45)28(32)27-26(22)29(36)19-6-1-2-7-20(19)30(27)37/h1-9,12-14,33-34H,10-11,15,32H2,(H,40,41,42)(H,43,44,45). The first-order valence-electron chi connectivity index (χ1n) is 13.6. The quantitative estimate of drug-likeness (QED) is 0.0564. The predicted octanol–water partition coefficient (Wildman–Crippen LogP) is 3.59. The molecule has 1 aliphatic carbocycles. The van der Waals surface area contributed by atoms with Gasteiger partial charge in [0.05, 0.1) is 45.4 Å². The number of ketones is 3. The maximum absolute atomic E-state index is 13.6. The Labute approximate surface area is 279 Å². The molecule has 0 spiro atoms. The Morgan fingerprint density at radius 2 is 1.38 bits per heavy atom. The van der Waals surface area contributed by atoms with Crippen LogP contribution in [0.1, 0.15) is 42.2 Å². The molecule has 4 aromatic rings. The molecular weight excluding hydrogens is 710 g/mol. The van der Waals surface area contributed by atoms with Gasteiger partial charge in [0.2, 0.25) is 0 Å². The molecule has 1 aliphatic rings. The number of nitrogens with one attached hydrogen (secondary N) is 2. The molecule has 14 nitrogen and oxygen atoms in total. The highest BCUT2D eigenvalue weighted by Crippen LogP contribution is 2.41. The largest absolute Gasteiger partial charge is 0.397 e. The molecule has 6 N–H and O–H groups in total. The second-order valence-electron chi connectivity index (χ2n) is 10.4. The van der Waals surface area contributed by atoms with E-state index in [0.29, 0.717) is 0 Å². The number of fused-ring (bicyclic) bond motifs is 2. The number of rotatable bonds is 11. The number of anilines is 4. The van der Waals surface area contributed by atoms with Gasteiger partial charge < -0.3 is 16.4 Å². The van der Waals surface area contributed by atoms with E-state index >= 15 is 0 Å². The van der Waals surface area contributed by atoms with E-state index < -0.39 is 86.3 Å². The minimum absolute atomic E-state index is 0.00517. The zero-order chi connectivity index (χ0) is 35.2. The number of hydrogen-bond acceptors (Lipinski definition) is 12. The van der Waals surface area contributed by atoms with Crippen LogP contribution in [0.15, 0.2) is 87.5 Å². The number of halogens is 1. The fraction of sp³-hybridized carbons (Fsp3) is 0.100. The maximum atomic E-state index is 13.6. The fourth-order valence-corrected chi connectivity index (χ4v) is 8.03. The number of hydrogen-bond donors (Lipinski definition) is 5. The summed E-state index contributed by atoms with van der Waals surface area (Å²) in [5.41, 5.74) is 3.43. The van der Waals surface area contributed by atoms with Crippen LogP contribution in [0.25, 0.3) is 0 Å². The van der Waals surface area contributed by atoms with E-state index in [1.807, 2.05) is 0 Å². The van der Waals surface area contributed by atoms with Gasteiger partial charge in [-0.2, -0.15) is 16.8 Å². The lowest BCUT2D eigenvalue weighted by atomic mass is 9.82. The number of Topliss-reactive ketones (excluding diaryl/α,β-unsaturated/α-hetero) is 1. The van der Waals surface area contributed by atoms with Crippen molar-refractivity contribution in [2.45, 2.75) is 14.7 Å². The summed E-state index contributed by atoms with van der Waals surface area (Å²) in [7, 11) is -13.8. The van der Waals surface area contributed by atoms with Gasteiger partial charge in [-0.1, -0.05) is 36.4 Å². The van der Waals surface area contributed by atoms with Crippen LogP contribution in [0.5, 0.6) is 0 Å². The van der Waals surface area contributed by atoms with Crippen molar-refractivity contribution in [1.82, 2.24) is 0 Å². The van der Waals surface area contributed by atoms with Gasteiger partial charge >= 0.3 is 0 Å².